The van der Waals surface area contributed by atoms with Gasteiger partial charge in [-0.3, -0.25) is 0 Å². The fourth-order valence-corrected chi connectivity index (χ4v) is 3.18. The zero-order valence-corrected chi connectivity index (χ0v) is 15.5. The molecule has 1 aromatic rings. The van der Waals surface area contributed by atoms with Crippen molar-refractivity contribution in [2.24, 2.45) is 0 Å². The third kappa shape index (κ3) is 6.01. The molecule has 1 rings (SSSR count). The van der Waals surface area contributed by atoms with Crippen LogP contribution in [0.4, 0.5) is 5.69 Å². The molecule has 123 valence electrons. The lowest BCUT2D eigenvalue weighted by Gasteiger charge is -2.32. The van der Waals surface area contributed by atoms with E-state index in [1.54, 1.807) is 0 Å². The summed E-state index contributed by atoms with van der Waals surface area (Å²) in [4.78, 5) is 2.08. The first-order chi connectivity index (χ1) is 10.6. The Balaban J connectivity index is 2.47. The zero-order valence-electron chi connectivity index (χ0n) is 14.5. The van der Waals surface area contributed by atoms with Crippen LogP contribution in [0.5, 0.6) is 5.75 Å². The van der Waals surface area contributed by atoms with Gasteiger partial charge in [-0.25, -0.2) is 0 Å². The van der Waals surface area contributed by atoms with Crippen LogP contribution in [0.15, 0.2) is 24.3 Å². The highest BCUT2D eigenvalue weighted by atomic mass is 28.2. The number of ether oxygens (including phenoxy) is 1. The number of anilines is 1. The maximum atomic E-state index is 5.89. The fourth-order valence-electron chi connectivity index (χ4n) is 2.88. The molecule has 0 amide bonds. The summed E-state index contributed by atoms with van der Waals surface area (Å²) in [6, 6.07) is 8.20. The van der Waals surface area contributed by atoms with Gasteiger partial charge in [0.05, 0.1) is 12.2 Å². The molecule has 0 aliphatic rings. The Labute approximate surface area is 139 Å². The molecule has 0 aliphatic carbocycles. The van der Waals surface area contributed by atoms with Gasteiger partial charge < -0.3 is 14.1 Å². The molecule has 3 nitrogen and oxygen atoms in total. The minimum Gasteiger partial charge on any atom is -0.494 e. The molecule has 0 fully saturated rings. The normalized spacial score (nSPS) is 11.5. The van der Waals surface area contributed by atoms with Crippen LogP contribution in [-0.4, -0.2) is 36.8 Å². The topological polar surface area (TPSA) is 21.7 Å². The molecule has 0 aliphatic heterocycles. The van der Waals surface area contributed by atoms with Crippen molar-refractivity contribution in [3.05, 3.63) is 24.3 Å². The highest BCUT2D eigenvalue weighted by molar-refractivity contribution is 5.98. The summed E-state index contributed by atoms with van der Waals surface area (Å²) in [5.74, 6) is 0.932. The van der Waals surface area contributed by atoms with Crippen molar-refractivity contribution >= 4 is 16.2 Å². The van der Waals surface area contributed by atoms with E-state index in [0.29, 0.717) is 0 Å². The predicted octanol–water partition coefficient (Wildman–Crippen LogP) is 4.35. The number of hydrogen-bond donors (Lipinski definition) is 0. The van der Waals surface area contributed by atoms with E-state index in [1.807, 2.05) is 26.2 Å². The van der Waals surface area contributed by atoms with Gasteiger partial charge in [0.25, 0.3) is 0 Å². The number of benzene rings is 1. The van der Waals surface area contributed by atoms with E-state index in [1.165, 1.54) is 0 Å². The van der Waals surface area contributed by atoms with Crippen molar-refractivity contribution in [1.29, 1.82) is 0 Å². The molecular weight excluding hydrogens is 290 g/mol. The minimum absolute atomic E-state index is 0.0464. The summed E-state index contributed by atoms with van der Waals surface area (Å²) in [7, 11) is 7.38. The van der Waals surface area contributed by atoms with E-state index in [4.69, 9.17) is 9.16 Å². The fraction of sp³-hybridized carbons (Fsp3) is 0.667. The van der Waals surface area contributed by atoms with E-state index in [2.05, 4.69) is 41.4 Å². The molecule has 0 heterocycles. The first kappa shape index (κ1) is 19.0. The molecule has 0 aromatic heterocycles. The number of nitrogens with zero attached hydrogens (tertiary/aromatic N) is 1. The summed E-state index contributed by atoms with van der Waals surface area (Å²) in [5.41, 5.74) is 1.11. The summed E-state index contributed by atoms with van der Waals surface area (Å²) < 4.78 is 11.6. The van der Waals surface area contributed by atoms with Crippen molar-refractivity contribution in [3.8, 4) is 5.75 Å². The molecule has 3 radical (unpaired) electrons. The van der Waals surface area contributed by atoms with Gasteiger partial charge in [0.15, 0.2) is 0 Å². The average Bonchev–Trinajstić information content (AvgIpc) is 2.52. The van der Waals surface area contributed by atoms with E-state index >= 15 is 0 Å². The smallest absolute Gasteiger partial charge is 0.247 e. The molecule has 22 heavy (non-hydrogen) atoms. The Bertz CT molecular complexity index is 417. The third-order valence-corrected chi connectivity index (χ3v) is 4.44. The molecule has 0 saturated carbocycles. The minimum atomic E-state index is -0.0464. The first-order valence-corrected chi connectivity index (χ1v) is 8.72. The summed E-state index contributed by atoms with van der Waals surface area (Å²) in [5, 5.41) is 0. The standard InChI is InChI=1S/C18H30NO2Si/c1-5-11-18(21-22,12-6-2)13-8-14-20-17-10-7-9-16(15-17)19(3)4/h7,9-10,15H,5-6,8,11-14H2,1-4H3. The quantitative estimate of drug-likeness (QED) is 0.447. The van der Waals surface area contributed by atoms with E-state index in [9.17, 15) is 0 Å². The summed E-state index contributed by atoms with van der Waals surface area (Å²) >= 11 is 0. The monoisotopic (exact) mass is 320 g/mol. The van der Waals surface area contributed by atoms with E-state index in [0.717, 1.165) is 56.6 Å². The third-order valence-electron chi connectivity index (χ3n) is 4.01. The summed E-state index contributed by atoms with van der Waals surface area (Å²) in [6.07, 6.45) is 6.45. The Morgan fingerprint density at radius 2 is 1.77 bits per heavy atom. The van der Waals surface area contributed by atoms with Crippen LogP contribution >= 0.6 is 0 Å². The molecule has 0 atom stereocenters. The maximum Gasteiger partial charge on any atom is 0.247 e. The van der Waals surface area contributed by atoms with Crippen LogP contribution in [-0.2, 0) is 4.43 Å². The van der Waals surface area contributed by atoms with Crippen molar-refractivity contribution < 1.29 is 9.16 Å². The Morgan fingerprint density at radius 1 is 1.09 bits per heavy atom. The van der Waals surface area contributed by atoms with Crippen molar-refractivity contribution in [2.45, 2.75) is 58.0 Å². The maximum absolute atomic E-state index is 5.89. The van der Waals surface area contributed by atoms with E-state index in [-0.39, 0.29) is 5.60 Å². The van der Waals surface area contributed by atoms with Crippen molar-refractivity contribution in [2.75, 3.05) is 25.6 Å². The predicted molar refractivity (Wildman–Crippen MR) is 94.9 cm³/mol. The van der Waals surface area contributed by atoms with Crippen molar-refractivity contribution in [1.82, 2.24) is 0 Å². The Kier molecular flexibility index (Phi) is 8.57. The molecular formula is C18H30NO2Si. The lowest BCUT2D eigenvalue weighted by Crippen LogP contribution is -2.32. The largest absolute Gasteiger partial charge is 0.494 e. The SMILES string of the molecule is CCCC(CCC)(CCCOc1cccc(N(C)C)c1)O[Si]. The highest BCUT2D eigenvalue weighted by Crippen LogP contribution is 2.29. The first-order valence-electron chi connectivity index (χ1n) is 8.32. The van der Waals surface area contributed by atoms with Gasteiger partial charge in [0.1, 0.15) is 5.75 Å². The van der Waals surface area contributed by atoms with Gasteiger partial charge in [0, 0.05) is 25.8 Å². The van der Waals surface area contributed by atoms with Crippen LogP contribution in [0, 0.1) is 0 Å². The van der Waals surface area contributed by atoms with Crippen molar-refractivity contribution in [3.63, 3.8) is 0 Å². The van der Waals surface area contributed by atoms with Crippen LogP contribution in [0.3, 0.4) is 0 Å². The molecule has 0 spiro atoms. The van der Waals surface area contributed by atoms with Crippen LogP contribution in [0.1, 0.15) is 52.4 Å². The Hall–Kier alpha value is -1.00. The van der Waals surface area contributed by atoms with Gasteiger partial charge in [0.2, 0.25) is 10.5 Å². The molecule has 0 saturated heterocycles. The van der Waals surface area contributed by atoms with Gasteiger partial charge >= 0.3 is 0 Å². The molecule has 0 bridgehead atoms. The van der Waals surface area contributed by atoms with Crippen LogP contribution < -0.4 is 9.64 Å². The second kappa shape index (κ2) is 9.90. The molecule has 0 N–H and O–H groups in total. The Morgan fingerprint density at radius 3 is 2.32 bits per heavy atom. The second-order valence-electron chi connectivity index (χ2n) is 6.13. The van der Waals surface area contributed by atoms with E-state index < -0.39 is 0 Å². The summed E-state index contributed by atoms with van der Waals surface area (Å²) in [6.45, 7) is 5.14. The molecule has 0 unspecified atom stereocenters. The molecule has 4 heteroatoms. The molecule has 1 aromatic carbocycles. The zero-order chi connectivity index (χ0) is 16.4. The van der Waals surface area contributed by atoms with Crippen LogP contribution in [0.2, 0.25) is 0 Å². The van der Waals surface area contributed by atoms with Gasteiger partial charge in [-0.15, -0.1) is 0 Å². The van der Waals surface area contributed by atoms with Gasteiger partial charge in [-0.05, 0) is 37.8 Å². The number of rotatable bonds is 11. The van der Waals surface area contributed by atoms with Crippen LogP contribution in [0.25, 0.3) is 0 Å². The lowest BCUT2D eigenvalue weighted by molar-refractivity contribution is 0.0431. The lowest BCUT2D eigenvalue weighted by atomic mass is 9.88. The van der Waals surface area contributed by atoms with Gasteiger partial charge in [-0.1, -0.05) is 32.8 Å². The highest BCUT2D eigenvalue weighted by Gasteiger charge is 2.26. The second-order valence-corrected chi connectivity index (χ2v) is 6.33. The average molecular weight is 321 g/mol. The van der Waals surface area contributed by atoms with Gasteiger partial charge in [-0.2, -0.15) is 0 Å². The number of hydrogen-bond acceptors (Lipinski definition) is 3.